The van der Waals surface area contributed by atoms with Crippen molar-refractivity contribution in [3.63, 3.8) is 0 Å². The van der Waals surface area contributed by atoms with Crippen LogP contribution < -0.4 is 5.32 Å². The summed E-state index contributed by atoms with van der Waals surface area (Å²) in [5.74, 6) is 0.0867. The third kappa shape index (κ3) is 4.55. The van der Waals surface area contributed by atoms with Crippen LogP contribution in [0.3, 0.4) is 0 Å². The zero-order valence-electron chi connectivity index (χ0n) is 16.3. The Hall–Kier alpha value is -3.51. The fourth-order valence-corrected chi connectivity index (χ4v) is 3.43. The average Bonchev–Trinajstić information content (AvgIpc) is 3.11. The maximum atomic E-state index is 13.0. The molecule has 1 heterocycles. The van der Waals surface area contributed by atoms with Crippen LogP contribution in [0, 0.1) is 5.82 Å². The largest absolute Gasteiger partial charge is 0.387 e. The number of imidazole rings is 1. The maximum Gasteiger partial charge on any atom is 0.227 e. The molecular weight excluding hydrogens is 381 g/mol. The van der Waals surface area contributed by atoms with Crippen LogP contribution in [-0.2, 0) is 24.3 Å². The van der Waals surface area contributed by atoms with Crippen molar-refractivity contribution in [1.29, 1.82) is 0 Å². The van der Waals surface area contributed by atoms with Crippen LogP contribution in [0.1, 0.15) is 23.1 Å². The quantitative estimate of drug-likeness (QED) is 0.494. The van der Waals surface area contributed by atoms with E-state index in [1.165, 1.54) is 12.1 Å². The molecule has 3 aromatic carbocycles. The van der Waals surface area contributed by atoms with Gasteiger partial charge in [-0.15, -0.1) is 0 Å². The molecule has 4 rings (SSSR count). The molecule has 30 heavy (non-hydrogen) atoms. The van der Waals surface area contributed by atoms with Gasteiger partial charge in [-0.2, -0.15) is 0 Å². The average molecular weight is 403 g/mol. The first-order valence-electron chi connectivity index (χ1n) is 9.78. The molecule has 1 unspecified atom stereocenters. The van der Waals surface area contributed by atoms with Gasteiger partial charge in [0.2, 0.25) is 5.91 Å². The summed E-state index contributed by atoms with van der Waals surface area (Å²) in [6.07, 6.45) is -0.637. The monoisotopic (exact) mass is 403 g/mol. The van der Waals surface area contributed by atoms with Gasteiger partial charge in [-0.3, -0.25) is 4.79 Å². The number of carbonyl (C=O) groups is 1. The number of aromatic nitrogens is 2. The number of hydrogen-bond donors (Lipinski definition) is 2. The molecular formula is C24H22FN3O2. The van der Waals surface area contributed by atoms with E-state index in [2.05, 4.69) is 10.3 Å². The van der Waals surface area contributed by atoms with Gasteiger partial charge in [0, 0.05) is 6.54 Å². The highest BCUT2D eigenvalue weighted by Crippen LogP contribution is 2.22. The first-order valence-corrected chi connectivity index (χ1v) is 9.78. The lowest BCUT2D eigenvalue weighted by Crippen LogP contribution is -2.26. The van der Waals surface area contributed by atoms with Gasteiger partial charge >= 0.3 is 0 Å². The van der Waals surface area contributed by atoms with Gasteiger partial charge in [-0.25, -0.2) is 9.37 Å². The zero-order chi connectivity index (χ0) is 20.9. The summed E-state index contributed by atoms with van der Waals surface area (Å²) in [4.78, 5) is 17.1. The third-order valence-corrected chi connectivity index (χ3v) is 5.00. The van der Waals surface area contributed by atoms with Crippen molar-refractivity contribution in [2.24, 2.45) is 0 Å². The molecule has 2 N–H and O–H groups in total. The number of aliphatic hydroxyl groups excluding tert-OH is 1. The number of benzene rings is 3. The predicted molar refractivity (Wildman–Crippen MR) is 113 cm³/mol. The smallest absolute Gasteiger partial charge is 0.227 e. The molecule has 0 saturated carbocycles. The minimum absolute atomic E-state index is 0.0807. The van der Waals surface area contributed by atoms with Crippen LogP contribution in [0.5, 0.6) is 0 Å². The SMILES string of the molecule is O=C(Cc1nc2ccccc2n1CC(O)c1ccccc1)NCc1ccc(F)cc1. The minimum atomic E-state index is -0.718. The highest BCUT2D eigenvalue weighted by molar-refractivity contribution is 5.81. The van der Waals surface area contributed by atoms with E-state index in [0.29, 0.717) is 18.9 Å². The Kier molecular flexibility index (Phi) is 5.86. The van der Waals surface area contributed by atoms with Crippen LogP contribution in [0.2, 0.25) is 0 Å². The number of aliphatic hydroxyl groups is 1. The van der Waals surface area contributed by atoms with Crippen molar-refractivity contribution in [3.05, 3.63) is 102 Å². The van der Waals surface area contributed by atoms with Crippen molar-refractivity contribution in [2.45, 2.75) is 25.6 Å². The second kappa shape index (κ2) is 8.88. The minimum Gasteiger partial charge on any atom is -0.387 e. The van der Waals surface area contributed by atoms with Crippen LogP contribution in [-0.4, -0.2) is 20.6 Å². The fourth-order valence-electron chi connectivity index (χ4n) is 3.43. The van der Waals surface area contributed by atoms with Crippen molar-refractivity contribution in [3.8, 4) is 0 Å². The summed E-state index contributed by atoms with van der Waals surface area (Å²) < 4.78 is 14.9. The lowest BCUT2D eigenvalue weighted by atomic mass is 10.1. The molecule has 1 amide bonds. The normalized spacial score (nSPS) is 12.1. The number of nitrogens with zero attached hydrogens (tertiary/aromatic N) is 2. The molecule has 4 aromatic rings. The summed E-state index contributed by atoms with van der Waals surface area (Å²) in [5.41, 5.74) is 3.27. The van der Waals surface area contributed by atoms with Crippen molar-refractivity contribution in [2.75, 3.05) is 0 Å². The van der Waals surface area contributed by atoms with Gasteiger partial charge in [0.25, 0.3) is 0 Å². The lowest BCUT2D eigenvalue weighted by Gasteiger charge is -2.15. The van der Waals surface area contributed by atoms with E-state index < -0.39 is 6.10 Å². The number of carbonyl (C=O) groups excluding carboxylic acids is 1. The number of para-hydroxylation sites is 2. The van der Waals surface area contributed by atoms with Gasteiger partial charge in [-0.05, 0) is 35.4 Å². The van der Waals surface area contributed by atoms with Gasteiger partial charge in [0.1, 0.15) is 11.6 Å². The van der Waals surface area contributed by atoms with Gasteiger partial charge in [0.15, 0.2) is 0 Å². The summed E-state index contributed by atoms with van der Waals surface area (Å²) in [6, 6.07) is 23.1. The maximum absolute atomic E-state index is 13.0. The molecule has 0 aliphatic carbocycles. The molecule has 1 atom stereocenters. The lowest BCUT2D eigenvalue weighted by molar-refractivity contribution is -0.120. The Morgan fingerprint density at radius 3 is 2.47 bits per heavy atom. The second-order valence-corrected chi connectivity index (χ2v) is 7.13. The van der Waals surface area contributed by atoms with Gasteiger partial charge in [0.05, 0.1) is 30.1 Å². The van der Waals surface area contributed by atoms with E-state index in [4.69, 9.17) is 0 Å². The summed E-state index contributed by atoms with van der Waals surface area (Å²) in [7, 11) is 0. The Morgan fingerprint density at radius 1 is 1.00 bits per heavy atom. The van der Waals surface area contributed by atoms with E-state index in [9.17, 15) is 14.3 Å². The van der Waals surface area contributed by atoms with E-state index in [1.807, 2.05) is 59.2 Å². The molecule has 0 spiro atoms. The Bertz CT molecular complexity index is 1140. The molecule has 5 nitrogen and oxygen atoms in total. The number of rotatable bonds is 7. The van der Waals surface area contributed by atoms with Crippen molar-refractivity contribution < 1.29 is 14.3 Å². The van der Waals surface area contributed by atoms with Gasteiger partial charge < -0.3 is 15.0 Å². The fraction of sp³-hybridized carbons (Fsp3) is 0.167. The topological polar surface area (TPSA) is 67.2 Å². The highest BCUT2D eigenvalue weighted by Gasteiger charge is 2.17. The molecule has 152 valence electrons. The third-order valence-electron chi connectivity index (χ3n) is 5.00. The zero-order valence-corrected chi connectivity index (χ0v) is 16.3. The summed E-state index contributed by atoms with van der Waals surface area (Å²) in [5, 5.41) is 13.6. The van der Waals surface area contributed by atoms with E-state index in [1.54, 1.807) is 12.1 Å². The molecule has 0 saturated heterocycles. The first-order chi connectivity index (χ1) is 14.6. The van der Waals surface area contributed by atoms with E-state index in [-0.39, 0.29) is 18.1 Å². The number of hydrogen-bond acceptors (Lipinski definition) is 3. The molecule has 0 radical (unpaired) electrons. The van der Waals surface area contributed by atoms with Crippen LogP contribution in [0.4, 0.5) is 4.39 Å². The van der Waals surface area contributed by atoms with E-state index >= 15 is 0 Å². The molecule has 0 aliphatic heterocycles. The second-order valence-electron chi connectivity index (χ2n) is 7.13. The predicted octanol–water partition coefficient (Wildman–Crippen LogP) is 3.77. The number of nitrogens with one attached hydrogen (secondary N) is 1. The Balaban J connectivity index is 1.52. The Labute approximate surface area is 173 Å². The van der Waals surface area contributed by atoms with Crippen molar-refractivity contribution >= 4 is 16.9 Å². The standard InChI is InChI=1S/C24H22FN3O2/c25-19-12-10-17(11-13-19)15-26-24(30)14-23-27-20-8-4-5-9-21(20)28(23)16-22(29)18-6-2-1-3-7-18/h1-13,22,29H,14-16H2,(H,26,30). The molecule has 1 aromatic heterocycles. The van der Waals surface area contributed by atoms with Crippen LogP contribution >= 0.6 is 0 Å². The molecule has 6 heteroatoms. The van der Waals surface area contributed by atoms with Crippen molar-refractivity contribution in [1.82, 2.24) is 14.9 Å². The summed E-state index contributed by atoms with van der Waals surface area (Å²) >= 11 is 0. The van der Waals surface area contributed by atoms with E-state index in [0.717, 1.165) is 22.2 Å². The summed E-state index contributed by atoms with van der Waals surface area (Å²) in [6.45, 7) is 0.608. The molecule has 0 fully saturated rings. The van der Waals surface area contributed by atoms with Crippen LogP contribution in [0.25, 0.3) is 11.0 Å². The molecule has 0 aliphatic rings. The highest BCUT2D eigenvalue weighted by atomic mass is 19.1. The Morgan fingerprint density at radius 2 is 1.70 bits per heavy atom. The van der Waals surface area contributed by atoms with Crippen LogP contribution in [0.15, 0.2) is 78.9 Å². The number of fused-ring (bicyclic) bond motifs is 1. The molecule has 0 bridgehead atoms. The van der Waals surface area contributed by atoms with Gasteiger partial charge in [-0.1, -0.05) is 54.6 Å². The number of amides is 1. The first kappa shape index (κ1) is 19.8. The number of halogens is 1.